The molecule has 5 nitrogen and oxygen atoms in total. The summed E-state index contributed by atoms with van der Waals surface area (Å²) < 4.78 is 17.6. The summed E-state index contributed by atoms with van der Waals surface area (Å²) in [5, 5.41) is 9.05. The van der Waals surface area contributed by atoms with E-state index in [9.17, 15) is 4.39 Å². The molecule has 30 heavy (non-hydrogen) atoms. The van der Waals surface area contributed by atoms with Crippen LogP contribution >= 0.6 is 0 Å². The van der Waals surface area contributed by atoms with Gasteiger partial charge in [0, 0.05) is 43.7 Å². The van der Waals surface area contributed by atoms with Gasteiger partial charge in [-0.25, -0.2) is 9.07 Å². The zero-order valence-corrected chi connectivity index (χ0v) is 17.6. The average Bonchev–Trinajstić information content (AvgIpc) is 3.33. The van der Waals surface area contributed by atoms with Crippen molar-refractivity contribution in [3.05, 3.63) is 89.6 Å². The minimum atomic E-state index is -0.256. The molecule has 0 unspecified atom stereocenters. The first-order valence-electron chi connectivity index (χ1n) is 10.1. The number of aryl methyl sites for hydroxylation is 2. The van der Waals surface area contributed by atoms with Gasteiger partial charge in [-0.3, -0.25) is 4.68 Å². The standard InChI is InChI=1S/C24H26FN5/c1-18-6-4-9-23(12-18)30-17-21(24(27-30)20-7-5-8-22(25)13-20)16-28(2)11-10-19-14-26-29(3)15-19/h4-9,12-15,17H,10-11,16H2,1-3H3. The Labute approximate surface area is 176 Å². The van der Waals surface area contributed by atoms with E-state index in [0.717, 1.165) is 42.0 Å². The fraction of sp³-hybridized carbons (Fsp3) is 0.250. The second kappa shape index (κ2) is 8.63. The highest BCUT2D eigenvalue weighted by Crippen LogP contribution is 2.25. The molecule has 0 amide bonds. The fourth-order valence-corrected chi connectivity index (χ4v) is 3.60. The van der Waals surface area contributed by atoms with Crippen LogP contribution in [-0.2, 0) is 20.0 Å². The summed E-state index contributed by atoms with van der Waals surface area (Å²) in [7, 11) is 4.02. The van der Waals surface area contributed by atoms with Crippen LogP contribution in [0.25, 0.3) is 16.9 Å². The Morgan fingerprint density at radius 1 is 1.07 bits per heavy atom. The molecule has 0 N–H and O–H groups in total. The van der Waals surface area contributed by atoms with E-state index in [1.807, 2.05) is 47.0 Å². The van der Waals surface area contributed by atoms with Crippen molar-refractivity contribution in [2.45, 2.75) is 19.9 Å². The lowest BCUT2D eigenvalue weighted by molar-refractivity contribution is 0.331. The number of nitrogens with zero attached hydrogens (tertiary/aromatic N) is 5. The van der Waals surface area contributed by atoms with Crippen molar-refractivity contribution in [3.8, 4) is 16.9 Å². The van der Waals surface area contributed by atoms with Crippen LogP contribution in [0, 0.1) is 12.7 Å². The van der Waals surface area contributed by atoms with Gasteiger partial charge in [0.25, 0.3) is 0 Å². The molecule has 0 fully saturated rings. The second-order valence-electron chi connectivity index (χ2n) is 7.81. The van der Waals surface area contributed by atoms with Crippen molar-refractivity contribution >= 4 is 0 Å². The van der Waals surface area contributed by atoms with Crippen molar-refractivity contribution in [1.82, 2.24) is 24.5 Å². The molecule has 4 rings (SSSR count). The summed E-state index contributed by atoms with van der Waals surface area (Å²) in [6.45, 7) is 3.68. The molecule has 0 atom stereocenters. The van der Waals surface area contributed by atoms with E-state index in [2.05, 4.69) is 42.3 Å². The minimum Gasteiger partial charge on any atom is -0.302 e. The Bertz CT molecular complexity index is 1140. The van der Waals surface area contributed by atoms with Gasteiger partial charge >= 0.3 is 0 Å². The van der Waals surface area contributed by atoms with E-state index in [1.54, 1.807) is 12.1 Å². The first-order chi connectivity index (χ1) is 14.5. The minimum absolute atomic E-state index is 0.256. The SMILES string of the molecule is Cc1cccc(-n2cc(CN(C)CCc3cnn(C)c3)c(-c3cccc(F)c3)n2)c1. The molecule has 0 bridgehead atoms. The molecule has 2 aromatic carbocycles. The van der Waals surface area contributed by atoms with E-state index in [1.165, 1.54) is 17.2 Å². The molecule has 154 valence electrons. The van der Waals surface area contributed by atoms with Crippen LogP contribution in [-0.4, -0.2) is 38.1 Å². The van der Waals surface area contributed by atoms with E-state index < -0.39 is 0 Å². The Morgan fingerprint density at radius 3 is 2.63 bits per heavy atom. The van der Waals surface area contributed by atoms with Gasteiger partial charge in [-0.05, 0) is 55.8 Å². The third-order valence-electron chi connectivity index (χ3n) is 5.14. The maximum atomic E-state index is 13.9. The number of rotatable bonds is 7. The molecular formula is C24H26FN5. The highest BCUT2D eigenvalue weighted by molar-refractivity contribution is 5.63. The van der Waals surface area contributed by atoms with Crippen molar-refractivity contribution in [1.29, 1.82) is 0 Å². The first-order valence-corrected chi connectivity index (χ1v) is 10.1. The predicted molar refractivity (Wildman–Crippen MR) is 117 cm³/mol. The molecule has 2 heterocycles. The van der Waals surface area contributed by atoms with Crippen LogP contribution < -0.4 is 0 Å². The maximum Gasteiger partial charge on any atom is 0.123 e. The Hall–Kier alpha value is -3.25. The van der Waals surface area contributed by atoms with Crippen molar-refractivity contribution < 1.29 is 4.39 Å². The molecule has 6 heteroatoms. The summed E-state index contributed by atoms with van der Waals surface area (Å²) >= 11 is 0. The van der Waals surface area contributed by atoms with Gasteiger partial charge in [0.15, 0.2) is 0 Å². The number of aromatic nitrogens is 4. The molecule has 2 aromatic heterocycles. The quantitative estimate of drug-likeness (QED) is 0.459. The van der Waals surface area contributed by atoms with Gasteiger partial charge in [-0.15, -0.1) is 0 Å². The van der Waals surface area contributed by atoms with Crippen molar-refractivity contribution in [3.63, 3.8) is 0 Å². The predicted octanol–water partition coefficient (Wildman–Crippen LogP) is 4.39. The van der Waals surface area contributed by atoms with Crippen molar-refractivity contribution in [2.75, 3.05) is 13.6 Å². The third-order valence-corrected chi connectivity index (χ3v) is 5.14. The summed E-state index contributed by atoms with van der Waals surface area (Å²) in [5.74, 6) is -0.256. The molecule has 0 radical (unpaired) electrons. The maximum absolute atomic E-state index is 13.9. The van der Waals surface area contributed by atoms with Gasteiger partial charge in [0.2, 0.25) is 0 Å². The monoisotopic (exact) mass is 403 g/mol. The largest absolute Gasteiger partial charge is 0.302 e. The number of likely N-dealkylation sites (N-methyl/N-ethyl adjacent to an activating group) is 1. The fourth-order valence-electron chi connectivity index (χ4n) is 3.60. The first kappa shape index (κ1) is 20.0. The molecule has 0 saturated carbocycles. The molecule has 0 spiro atoms. The van der Waals surface area contributed by atoms with Gasteiger partial charge in [-0.2, -0.15) is 10.2 Å². The Balaban J connectivity index is 1.61. The molecule has 4 aromatic rings. The lowest BCUT2D eigenvalue weighted by atomic mass is 10.1. The Kier molecular flexibility index (Phi) is 5.77. The number of benzene rings is 2. The smallest absolute Gasteiger partial charge is 0.123 e. The van der Waals surface area contributed by atoms with E-state index >= 15 is 0 Å². The summed E-state index contributed by atoms with van der Waals surface area (Å²) in [4.78, 5) is 2.26. The highest BCUT2D eigenvalue weighted by Gasteiger charge is 2.15. The van der Waals surface area contributed by atoms with E-state index in [-0.39, 0.29) is 5.82 Å². The van der Waals surface area contributed by atoms with Crippen LogP contribution in [0.3, 0.4) is 0 Å². The number of hydrogen-bond acceptors (Lipinski definition) is 3. The lowest BCUT2D eigenvalue weighted by Crippen LogP contribution is -2.20. The normalized spacial score (nSPS) is 11.4. The van der Waals surface area contributed by atoms with Crippen LogP contribution in [0.15, 0.2) is 67.1 Å². The molecular weight excluding hydrogens is 377 g/mol. The summed E-state index contributed by atoms with van der Waals surface area (Å²) in [5.41, 5.74) is 6.05. The van der Waals surface area contributed by atoms with Gasteiger partial charge in [0.05, 0.1) is 17.6 Å². The molecule has 0 aliphatic rings. The van der Waals surface area contributed by atoms with Gasteiger partial charge in [-0.1, -0.05) is 24.3 Å². The average molecular weight is 404 g/mol. The lowest BCUT2D eigenvalue weighted by Gasteiger charge is -2.16. The van der Waals surface area contributed by atoms with Gasteiger partial charge in [0.1, 0.15) is 5.82 Å². The van der Waals surface area contributed by atoms with Crippen LogP contribution in [0.2, 0.25) is 0 Å². The zero-order chi connectivity index (χ0) is 21.1. The van der Waals surface area contributed by atoms with Crippen LogP contribution in [0.4, 0.5) is 4.39 Å². The van der Waals surface area contributed by atoms with Crippen LogP contribution in [0.5, 0.6) is 0 Å². The number of hydrogen-bond donors (Lipinski definition) is 0. The van der Waals surface area contributed by atoms with E-state index in [0.29, 0.717) is 0 Å². The highest BCUT2D eigenvalue weighted by atomic mass is 19.1. The Morgan fingerprint density at radius 2 is 1.90 bits per heavy atom. The molecule has 0 saturated heterocycles. The second-order valence-corrected chi connectivity index (χ2v) is 7.81. The molecule has 0 aliphatic heterocycles. The molecule has 0 aliphatic carbocycles. The zero-order valence-electron chi connectivity index (χ0n) is 17.6. The van der Waals surface area contributed by atoms with Crippen molar-refractivity contribution in [2.24, 2.45) is 7.05 Å². The number of halogens is 1. The van der Waals surface area contributed by atoms with E-state index in [4.69, 9.17) is 5.10 Å². The summed E-state index contributed by atoms with van der Waals surface area (Å²) in [6, 6.07) is 14.9. The summed E-state index contributed by atoms with van der Waals surface area (Å²) in [6.07, 6.45) is 6.92. The topological polar surface area (TPSA) is 38.9 Å². The third kappa shape index (κ3) is 4.66. The van der Waals surface area contributed by atoms with Gasteiger partial charge < -0.3 is 4.90 Å². The van der Waals surface area contributed by atoms with Crippen LogP contribution in [0.1, 0.15) is 16.7 Å².